The Labute approximate surface area is 150 Å². The van der Waals surface area contributed by atoms with Gasteiger partial charge in [0, 0.05) is 13.6 Å². The van der Waals surface area contributed by atoms with Crippen LogP contribution in [-0.4, -0.2) is 41.0 Å². The van der Waals surface area contributed by atoms with Crippen LogP contribution in [0.3, 0.4) is 0 Å². The van der Waals surface area contributed by atoms with Gasteiger partial charge < -0.3 is 9.64 Å². The second kappa shape index (κ2) is 7.34. The lowest BCUT2D eigenvalue weighted by Crippen LogP contribution is -2.30. The van der Waals surface area contributed by atoms with Crippen molar-refractivity contribution in [1.29, 1.82) is 0 Å². The molecule has 0 saturated carbocycles. The van der Waals surface area contributed by atoms with Crippen LogP contribution >= 0.6 is 12.2 Å². The van der Waals surface area contributed by atoms with Crippen LogP contribution in [0.15, 0.2) is 17.8 Å². The Morgan fingerprint density at radius 1 is 1.29 bits per heavy atom. The summed E-state index contributed by atoms with van der Waals surface area (Å²) in [6.45, 7) is 11.5. The number of amides is 1. The van der Waals surface area contributed by atoms with Crippen molar-refractivity contribution in [2.75, 3.05) is 20.2 Å². The summed E-state index contributed by atoms with van der Waals surface area (Å²) >= 11 is 5.36. The summed E-state index contributed by atoms with van der Waals surface area (Å²) in [4.78, 5) is 16.0. The molecule has 0 aromatic heterocycles. The Hall–Kier alpha value is -1.88. The lowest BCUT2D eigenvalue weighted by molar-refractivity contribution is -0.122. The minimum Gasteiger partial charge on any atom is -0.494 e. The second-order valence-electron chi connectivity index (χ2n) is 6.25. The van der Waals surface area contributed by atoms with Gasteiger partial charge in [-0.25, -0.2) is 0 Å². The largest absolute Gasteiger partial charge is 0.494 e. The van der Waals surface area contributed by atoms with Crippen molar-refractivity contribution in [3.63, 3.8) is 0 Å². The number of nitrogens with zero attached hydrogens (tertiary/aromatic N) is 2. The summed E-state index contributed by atoms with van der Waals surface area (Å²) in [6, 6.07) is 4.18. The van der Waals surface area contributed by atoms with Gasteiger partial charge in [-0.05, 0) is 73.8 Å². The van der Waals surface area contributed by atoms with E-state index in [4.69, 9.17) is 17.0 Å². The lowest BCUT2D eigenvalue weighted by atomic mass is 9.96. The third kappa shape index (κ3) is 3.31. The number of aryl methyl sites for hydroxylation is 1. The first-order chi connectivity index (χ1) is 11.3. The quantitative estimate of drug-likeness (QED) is 0.597. The molecular formula is C19H26N2O2S. The molecule has 1 fully saturated rings. The number of likely N-dealkylation sites (N-methyl/N-ethyl adjacent to an activating group) is 2. The SMILES string of the molecule is CCOc1cc(C)c(C=C2C(=O)N(CC)C(=S)N2C)cc1C(C)C. The summed E-state index contributed by atoms with van der Waals surface area (Å²) in [5.41, 5.74) is 3.87. The normalized spacial score (nSPS) is 16.7. The molecule has 0 unspecified atom stereocenters. The minimum absolute atomic E-state index is 0.0376. The van der Waals surface area contributed by atoms with Crippen molar-refractivity contribution >= 4 is 29.3 Å². The van der Waals surface area contributed by atoms with Crippen LogP contribution < -0.4 is 4.74 Å². The molecule has 1 amide bonds. The summed E-state index contributed by atoms with van der Waals surface area (Å²) in [5, 5.41) is 0.557. The Balaban J connectivity index is 2.51. The highest BCUT2D eigenvalue weighted by Gasteiger charge is 2.34. The number of benzene rings is 1. The van der Waals surface area contributed by atoms with Crippen molar-refractivity contribution < 1.29 is 9.53 Å². The Morgan fingerprint density at radius 3 is 2.46 bits per heavy atom. The highest BCUT2D eigenvalue weighted by Crippen LogP contribution is 2.32. The number of rotatable bonds is 5. The van der Waals surface area contributed by atoms with E-state index in [1.54, 1.807) is 9.80 Å². The molecule has 0 N–H and O–H groups in total. The van der Waals surface area contributed by atoms with Crippen LogP contribution in [0.2, 0.25) is 0 Å². The Morgan fingerprint density at radius 2 is 1.96 bits per heavy atom. The van der Waals surface area contributed by atoms with Gasteiger partial charge in [0.25, 0.3) is 5.91 Å². The molecule has 5 heteroatoms. The Kier molecular flexibility index (Phi) is 5.65. The number of carbonyl (C=O) groups is 1. The van der Waals surface area contributed by atoms with Crippen LogP contribution in [-0.2, 0) is 4.79 Å². The molecule has 0 bridgehead atoms. The smallest absolute Gasteiger partial charge is 0.276 e. The molecule has 0 spiro atoms. The van der Waals surface area contributed by atoms with E-state index in [0.29, 0.717) is 29.9 Å². The van der Waals surface area contributed by atoms with Gasteiger partial charge in [-0.15, -0.1) is 0 Å². The third-order valence-corrected chi connectivity index (χ3v) is 4.77. The fourth-order valence-electron chi connectivity index (χ4n) is 2.84. The molecular weight excluding hydrogens is 320 g/mol. The van der Waals surface area contributed by atoms with Crippen molar-refractivity contribution in [3.05, 3.63) is 34.5 Å². The van der Waals surface area contributed by atoms with Crippen LogP contribution in [0.5, 0.6) is 5.75 Å². The zero-order valence-electron chi connectivity index (χ0n) is 15.3. The van der Waals surface area contributed by atoms with Crippen LogP contribution in [0.25, 0.3) is 6.08 Å². The fraction of sp³-hybridized carbons (Fsp3) is 0.474. The van der Waals surface area contributed by atoms with E-state index in [1.807, 2.05) is 33.9 Å². The van der Waals surface area contributed by atoms with E-state index in [0.717, 1.165) is 22.4 Å². The van der Waals surface area contributed by atoms with E-state index < -0.39 is 0 Å². The first kappa shape index (κ1) is 18.5. The highest BCUT2D eigenvalue weighted by molar-refractivity contribution is 7.80. The molecule has 0 atom stereocenters. The van der Waals surface area contributed by atoms with Gasteiger partial charge in [0.05, 0.1) is 6.61 Å². The average molecular weight is 346 g/mol. The van der Waals surface area contributed by atoms with Crippen LogP contribution in [0.1, 0.15) is 50.3 Å². The molecule has 0 radical (unpaired) electrons. The van der Waals surface area contributed by atoms with Gasteiger partial charge in [-0.2, -0.15) is 0 Å². The average Bonchev–Trinajstić information content (AvgIpc) is 2.72. The summed E-state index contributed by atoms with van der Waals surface area (Å²) in [7, 11) is 1.84. The van der Waals surface area contributed by atoms with Gasteiger partial charge in [-0.3, -0.25) is 9.69 Å². The molecule has 1 aliphatic rings. The zero-order chi connectivity index (χ0) is 18.0. The first-order valence-corrected chi connectivity index (χ1v) is 8.81. The van der Waals surface area contributed by atoms with Gasteiger partial charge in [0.1, 0.15) is 11.4 Å². The molecule has 1 heterocycles. The zero-order valence-corrected chi connectivity index (χ0v) is 16.2. The Bertz CT molecular complexity index is 695. The fourth-order valence-corrected chi connectivity index (χ4v) is 3.15. The topological polar surface area (TPSA) is 32.8 Å². The van der Waals surface area contributed by atoms with Crippen molar-refractivity contribution in [2.45, 2.75) is 40.5 Å². The molecule has 1 aromatic rings. The van der Waals surface area contributed by atoms with Crippen molar-refractivity contribution in [1.82, 2.24) is 9.80 Å². The highest BCUT2D eigenvalue weighted by atomic mass is 32.1. The van der Waals surface area contributed by atoms with Gasteiger partial charge in [0.2, 0.25) is 0 Å². The van der Waals surface area contributed by atoms with E-state index in [1.165, 1.54) is 0 Å². The molecule has 1 aliphatic heterocycles. The predicted molar refractivity (Wildman–Crippen MR) is 102 cm³/mol. The van der Waals surface area contributed by atoms with Crippen LogP contribution in [0.4, 0.5) is 0 Å². The van der Waals surface area contributed by atoms with E-state index in [-0.39, 0.29) is 5.91 Å². The minimum atomic E-state index is -0.0376. The van der Waals surface area contributed by atoms with Crippen molar-refractivity contribution in [3.8, 4) is 5.75 Å². The standard InChI is InChI=1S/C19H26N2O2S/c1-7-21-18(22)16(20(6)19(21)24)11-14-10-15(12(3)4)17(23-8-2)9-13(14)5/h9-12H,7-8H2,1-6H3. The second-order valence-corrected chi connectivity index (χ2v) is 6.62. The molecule has 2 rings (SSSR count). The molecule has 1 aromatic carbocycles. The number of carbonyl (C=O) groups excluding carboxylic acids is 1. The van der Waals surface area contributed by atoms with Crippen LogP contribution in [0, 0.1) is 6.92 Å². The summed E-state index contributed by atoms with van der Waals surface area (Å²) < 4.78 is 5.77. The third-order valence-electron chi connectivity index (χ3n) is 4.27. The maximum atomic E-state index is 12.6. The van der Waals surface area contributed by atoms with Crippen molar-refractivity contribution in [2.24, 2.45) is 0 Å². The molecule has 24 heavy (non-hydrogen) atoms. The lowest BCUT2D eigenvalue weighted by Gasteiger charge is -2.17. The number of hydrogen-bond donors (Lipinski definition) is 0. The van der Waals surface area contributed by atoms with E-state index in [9.17, 15) is 4.79 Å². The number of thiocarbonyl (C=S) groups is 1. The predicted octanol–water partition coefficient (Wildman–Crippen LogP) is 3.94. The number of ether oxygens (including phenoxy) is 1. The molecule has 1 saturated heterocycles. The van der Waals surface area contributed by atoms with Gasteiger partial charge >= 0.3 is 0 Å². The monoisotopic (exact) mass is 346 g/mol. The molecule has 130 valence electrons. The first-order valence-electron chi connectivity index (χ1n) is 8.40. The molecule has 4 nitrogen and oxygen atoms in total. The summed E-state index contributed by atoms with van der Waals surface area (Å²) in [6.07, 6.45) is 1.93. The van der Waals surface area contributed by atoms with Gasteiger partial charge in [0.15, 0.2) is 5.11 Å². The van der Waals surface area contributed by atoms with E-state index in [2.05, 4.69) is 26.0 Å². The molecule has 0 aliphatic carbocycles. The van der Waals surface area contributed by atoms with E-state index >= 15 is 0 Å². The summed E-state index contributed by atoms with van der Waals surface area (Å²) in [5.74, 6) is 1.22. The number of hydrogen-bond acceptors (Lipinski definition) is 3. The van der Waals surface area contributed by atoms with Gasteiger partial charge in [-0.1, -0.05) is 13.8 Å². The maximum Gasteiger partial charge on any atom is 0.276 e. The maximum absolute atomic E-state index is 12.6.